The number of amides is 1. The minimum absolute atomic E-state index is 0.0251. The molecule has 0 bridgehead atoms. The van der Waals surface area contributed by atoms with E-state index in [1.807, 2.05) is 18.0 Å². The molecule has 0 aliphatic heterocycles. The molecule has 2 aromatic rings. The summed E-state index contributed by atoms with van der Waals surface area (Å²) >= 11 is 0. The third kappa shape index (κ3) is 3.55. The van der Waals surface area contributed by atoms with Gasteiger partial charge < -0.3 is 5.73 Å². The summed E-state index contributed by atoms with van der Waals surface area (Å²) in [4.78, 5) is 13.5. The number of allylic oxidation sites excluding steroid dienone is 1. The van der Waals surface area contributed by atoms with Gasteiger partial charge in [-0.1, -0.05) is 26.0 Å². The van der Waals surface area contributed by atoms with Crippen LogP contribution in [0.2, 0.25) is 0 Å². The van der Waals surface area contributed by atoms with Gasteiger partial charge in [-0.3, -0.25) is 9.69 Å². The van der Waals surface area contributed by atoms with Gasteiger partial charge in [-0.2, -0.15) is 5.10 Å². The first-order valence-electron chi connectivity index (χ1n) is 9.67. The average Bonchev–Trinajstić information content (AvgIpc) is 2.66. The van der Waals surface area contributed by atoms with Gasteiger partial charge in [0.15, 0.2) is 0 Å². The summed E-state index contributed by atoms with van der Waals surface area (Å²) in [7, 11) is 1.84. The number of fused-ring (bicyclic) bond motifs is 1. The van der Waals surface area contributed by atoms with Crippen molar-refractivity contribution in [1.82, 2.24) is 15.1 Å². The number of carbonyl (C=O) groups excluding carboxylic acids is 1. The summed E-state index contributed by atoms with van der Waals surface area (Å²) in [5.74, 6) is -1.74. The number of nitrogens with zero attached hydrogens (tertiary/aromatic N) is 3. The monoisotopic (exact) mass is 400 g/mol. The van der Waals surface area contributed by atoms with Gasteiger partial charge >= 0.3 is 0 Å². The van der Waals surface area contributed by atoms with Gasteiger partial charge in [0, 0.05) is 5.92 Å². The zero-order valence-electron chi connectivity index (χ0n) is 17.0. The number of rotatable bonds is 6. The van der Waals surface area contributed by atoms with Crippen molar-refractivity contribution in [3.8, 4) is 11.3 Å². The average molecular weight is 400 g/mol. The molecule has 3 rings (SSSR count). The van der Waals surface area contributed by atoms with Crippen molar-refractivity contribution in [3.05, 3.63) is 59.8 Å². The minimum atomic E-state index is -0.689. The number of aromatic nitrogens is 2. The van der Waals surface area contributed by atoms with E-state index in [0.29, 0.717) is 5.69 Å². The van der Waals surface area contributed by atoms with Crippen LogP contribution in [0, 0.1) is 17.6 Å². The molecule has 0 saturated heterocycles. The first-order chi connectivity index (χ1) is 13.7. The molecule has 154 valence electrons. The van der Waals surface area contributed by atoms with Crippen LogP contribution in [0.25, 0.3) is 11.3 Å². The van der Waals surface area contributed by atoms with Crippen molar-refractivity contribution in [2.24, 2.45) is 11.7 Å². The van der Waals surface area contributed by atoms with Crippen molar-refractivity contribution >= 4 is 5.91 Å². The number of nitrogens with two attached hydrogens (primary N) is 1. The highest BCUT2D eigenvalue weighted by Gasteiger charge is 2.47. The maximum absolute atomic E-state index is 14.3. The molecular formula is C22H26F2N4O. The van der Waals surface area contributed by atoms with Crippen LogP contribution in [0.1, 0.15) is 43.9 Å². The molecule has 1 aliphatic rings. The smallest absolute Gasteiger partial charge is 0.231 e. The van der Waals surface area contributed by atoms with Crippen molar-refractivity contribution in [1.29, 1.82) is 0 Å². The Morgan fingerprint density at radius 2 is 2.03 bits per heavy atom. The van der Waals surface area contributed by atoms with E-state index >= 15 is 0 Å². The van der Waals surface area contributed by atoms with E-state index in [4.69, 9.17) is 5.73 Å². The zero-order valence-corrected chi connectivity index (χ0v) is 17.0. The van der Waals surface area contributed by atoms with Crippen LogP contribution in [0.4, 0.5) is 8.78 Å². The molecule has 1 amide bonds. The van der Waals surface area contributed by atoms with E-state index in [2.05, 4.69) is 30.6 Å². The second-order valence-corrected chi connectivity index (χ2v) is 7.91. The molecule has 1 heterocycles. The summed E-state index contributed by atoms with van der Waals surface area (Å²) < 4.78 is 28.6. The normalized spacial score (nSPS) is 21.3. The number of primary amides is 1. The lowest BCUT2D eigenvalue weighted by Crippen LogP contribution is -2.53. The molecule has 1 aromatic carbocycles. The highest BCUT2D eigenvalue weighted by molar-refractivity contribution is 5.76. The lowest BCUT2D eigenvalue weighted by atomic mass is 9.68. The predicted molar refractivity (Wildman–Crippen MR) is 108 cm³/mol. The molecular weight excluding hydrogens is 374 g/mol. The Balaban J connectivity index is 2.22. The quantitative estimate of drug-likeness (QED) is 0.750. The lowest BCUT2D eigenvalue weighted by Gasteiger charge is -2.48. The Bertz CT molecular complexity index is 926. The minimum Gasteiger partial charge on any atom is -0.369 e. The molecule has 2 atom stereocenters. The molecule has 0 radical (unpaired) electrons. The molecule has 0 spiro atoms. The van der Waals surface area contributed by atoms with Crippen molar-refractivity contribution in [2.75, 3.05) is 13.6 Å². The van der Waals surface area contributed by atoms with Crippen molar-refractivity contribution in [2.45, 2.75) is 38.1 Å². The van der Waals surface area contributed by atoms with E-state index in [0.717, 1.165) is 18.4 Å². The Morgan fingerprint density at radius 3 is 2.59 bits per heavy atom. The van der Waals surface area contributed by atoms with Crippen LogP contribution < -0.4 is 5.73 Å². The zero-order chi connectivity index (χ0) is 21.3. The second-order valence-electron chi connectivity index (χ2n) is 7.91. The van der Waals surface area contributed by atoms with E-state index in [1.54, 1.807) is 6.07 Å². The Hall–Kier alpha value is -2.67. The molecule has 0 saturated carbocycles. The van der Waals surface area contributed by atoms with Crippen LogP contribution >= 0.6 is 0 Å². The fourth-order valence-corrected chi connectivity index (χ4v) is 4.53. The number of carbonyl (C=O) groups is 1. The van der Waals surface area contributed by atoms with Crippen LogP contribution in [-0.4, -0.2) is 34.6 Å². The maximum Gasteiger partial charge on any atom is 0.231 e. The third-order valence-electron chi connectivity index (χ3n) is 6.00. The van der Waals surface area contributed by atoms with Crippen LogP contribution in [0.5, 0.6) is 0 Å². The van der Waals surface area contributed by atoms with E-state index in [9.17, 15) is 13.6 Å². The molecule has 1 aliphatic carbocycles. The highest BCUT2D eigenvalue weighted by Crippen LogP contribution is 2.48. The Labute approximate surface area is 169 Å². The number of hydrogen-bond donors (Lipinski definition) is 1. The van der Waals surface area contributed by atoms with Gasteiger partial charge in [-0.25, -0.2) is 8.78 Å². The van der Waals surface area contributed by atoms with E-state index < -0.39 is 23.1 Å². The summed E-state index contributed by atoms with van der Waals surface area (Å²) in [5.41, 5.74) is 6.35. The number of likely N-dealkylation sites (N-methyl/N-ethyl adjacent to an activating group) is 1. The van der Waals surface area contributed by atoms with Crippen molar-refractivity contribution in [3.63, 3.8) is 0 Å². The van der Waals surface area contributed by atoms with Gasteiger partial charge in [-0.15, -0.1) is 11.7 Å². The summed E-state index contributed by atoms with van der Waals surface area (Å²) in [5, 5.41) is 8.64. The maximum atomic E-state index is 14.3. The fourth-order valence-electron chi connectivity index (χ4n) is 4.53. The van der Waals surface area contributed by atoms with Crippen LogP contribution in [0.3, 0.4) is 0 Å². The molecule has 1 aromatic heterocycles. The second kappa shape index (κ2) is 7.99. The first-order valence-corrected chi connectivity index (χ1v) is 9.67. The topological polar surface area (TPSA) is 72.1 Å². The molecule has 7 heteroatoms. The van der Waals surface area contributed by atoms with Gasteiger partial charge in [0.05, 0.1) is 29.0 Å². The number of halogens is 2. The van der Waals surface area contributed by atoms with Crippen LogP contribution in [0.15, 0.2) is 36.9 Å². The summed E-state index contributed by atoms with van der Waals surface area (Å²) in [6, 6.07) is 5.41. The standard InChI is InChI=1S/C22H26F2N4O/c1-5-14-9-10-22(13(2)3,28(4)12-19(25)29)21-15(14)11-18(26-27-21)20-16(23)7-6-8-17(20)24/h5-8,11,13-14H,1,9-10,12H2,2-4H3,(H2,25,29)/t14-,22+/m0/s1. The Morgan fingerprint density at radius 1 is 1.38 bits per heavy atom. The third-order valence-corrected chi connectivity index (χ3v) is 6.00. The number of hydrogen-bond acceptors (Lipinski definition) is 4. The van der Waals surface area contributed by atoms with Crippen molar-refractivity contribution < 1.29 is 13.6 Å². The largest absolute Gasteiger partial charge is 0.369 e. The summed E-state index contributed by atoms with van der Waals surface area (Å²) in [6.07, 6.45) is 3.32. The van der Waals surface area contributed by atoms with Gasteiger partial charge in [0.25, 0.3) is 0 Å². The highest BCUT2D eigenvalue weighted by atomic mass is 19.1. The van der Waals surface area contributed by atoms with Gasteiger partial charge in [-0.05, 0) is 49.6 Å². The molecule has 2 N–H and O–H groups in total. The lowest BCUT2D eigenvalue weighted by molar-refractivity contribution is -0.121. The van der Waals surface area contributed by atoms with Crippen LogP contribution in [-0.2, 0) is 10.3 Å². The summed E-state index contributed by atoms with van der Waals surface area (Å²) in [6.45, 7) is 8.11. The van der Waals surface area contributed by atoms with E-state index in [-0.39, 0.29) is 29.6 Å². The molecule has 0 unspecified atom stereocenters. The van der Waals surface area contributed by atoms with Gasteiger partial charge in [0.1, 0.15) is 11.6 Å². The van der Waals surface area contributed by atoms with Gasteiger partial charge in [0.2, 0.25) is 5.91 Å². The molecule has 5 nitrogen and oxygen atoms in total. The fraction of sp³-hybridized carbons (Fsp3) is 0.409. The first kappa shape index (κ1) is 21.0. The molecule has 29 heavy (non-hydrogen) atoms. The SMILES string of the molecule is C=C[C@H]1CC[C@](C(C)C)(N(C)CC(N)=O)c2nnc(-c3c(F)cccc3F)cc21. The molecule has 0 fully saturated rings. The van der Waals surface area contributed by atoms with E-state index in [1.165, 1.54) is 18.2 Å². The predicted octanol–water partition coefficient (Wildman–Crippen LogP) is 3.75. The number of benzene rings is 1. The Kier molecular flexibility index (Phi) is 5.80.